The van der Waals surface area contributed by atoms with E-state index in [1.165, 1.54) is 0 Å². The number of carboxylic acids is 1. The Hall–Kier alpha value is -1.43. The molecular weight excluding hydrogens is 222 g/mol. The summed E-state index contributed by atoms with van der Waals surface area (Å²) in [7, 11) is 0. The molecule has 1 rings (SSSR count). The minimum atomic E-state index is -0.842. The largest absolute Gasteiger partial charge is 0.480 e. The smallest absolute Gasteiger partial charge is 0.317 e. The Labute approximate surface area is 101 Å². The van der Waals surface area contributed by atoms with Crippen molar-refractivity contribution in [1.29, 1.82) is 0 Å². The van der Waals surface area contributed by atoms with Gasteiger partial charge in [0.2, 0.25) is 5.89 Å². The first-order chi connectivity index (χ1) is 8.02. The van der Waals surface area contributed by atoms with E-state index >= 15 is 0 Å². The number of carbonyl (C=O) groups is 1. The molecule has 0 fully saturated rings. The van der Waals surface area contributed by atoms with Crippen LogP contribution in [0.15, 0.2) is 4.52 Å². The number of hydrogen-bond acceptors (Lipinski definition) is 5. The Morgan fingerprint density at radius 3 is 2.71 bits per heavy atom. The average Bonchev–Trinajstić information content (AvgIpc) is 2.65. The van der Waals surface area contributed by atoms with Crippen LogP contribution in [0.3, 0.4) is 0 Å². The second-order valence-electron chi connectivity index (χ2n) is 4.31. The fourth-order valence-electron chi connectivity index (χ4n) is 1.49. The van der Waals surface area contributed by atoms with Gasteiger partial charge in [0.25, 0.3) is 0 Å². The van der Waals surface area contributed by atoms with E-state index < -0.39 is 5.97 Å². The lowest BCUT2D eigenvalue weighted by Gasteiger charge is -2.16. The fourth-order valence-corrected chi connectivity index (χ4v) is 1.49. The molecule has 0 saturated heterocycles. The first-order valence-corrected chi connectivity index (χ1v) is 5.79. The lowest BCUT2D eigenvalue weighted by atomic mass is 10.2. The highest BCUT2D eigenvalue weighted by atomic mass is 16.5. The molecule has 1 heterocycles. The summed E-state index contributed by atoms with van der Waals surface area (Å²) < 4.78 is 5.07. The number of carboxylic acid groups (broad SMARTS) is 1. The van der Waals surface area contributed by atoms with Gasteiger partial charge >= 0.3 is 5.97 Å². The summed E-state index contributed by atoms with van der Waals surface area (Å²) >= 11 is 0. The average molecular weight is 241 g/mol. The predicted molar refractivity (Wildman–Crippen MR) is 61.6 cm³/mol. The minimum absolute atomic E-state index is 0.000603. The van der Waals surface area contributed by atoms with Gasteiger partial charge in [0.15, 0.2) is 5.82 Å². The summed E-state index contributed by atoms with van der Waals surface area (Å²) in [6.07, 6.45) is 0.891. The van der Waals surface area contributed by atoms with Crippen LogP contribution in [0.4, 0.5) is 0 Å². The number of rotatable bonds is 7. The zero-order valence-corrected chi connectivity index (χ0v) is 10.5. The molecule has 0 saturated carbocycles. The molecule has 0 aromatic carbocycles. The first-order valence-electron chi connectivity index (χ1n) is 5.79. The van der Waals surface area contributed by atoms with Gasteiger partial charge in [0.1, 0.15) is 0 Å². The van der Waals surface area contributed by atoms with E-state index in [9.17, 15) is 4.79 Å². The van der Waals surface area contributed by atoms with Gasteiger partial charge in [-0.15, -0.1) is 0 Å². The van der Waals surface area contributed by atoms with Gasteiger partial charge in [-0.3, -0.25) is 9.69 Å². The van der Waals surface area contributed by atoms with Gasteiger partial charge in [-0.2, -0.15) is 4.98 Å². The summed E-state index contributed by atoms with van der Waals surface area (Å²) in [4.78, 5) is 16.7. The molecule has 96 valence electrons. The predicted octanol–water partition coefficient (Wildman–Crippen LogP) is 1.49. The van der Waals surface area contributed by atoms with E-state index in [0.717, 1.165) is 6.42 Å². The van der Waals surface area contributed by atoms with Crippen molar-refractivity contribution in [2.45, 2.75) is 39.7 Å². The molecule has 0 amide bonds. The third-order valence-corrected chi connectivity index (χ3v) is 2.24. The molecule has 0 radical (unpaired) electrons. The van der Waals surface area contributed by atoms with E-state index in [1.54, 1.807) is 4.90 Å². The summed E-state index contributed by atoms with van der Waals surface area (Å²) in [5.41, 5.74) is 0. The van der Waals surface area contributed by atoms with E-state index in [1.807, 2.05) is 20.8 Å². The van der Waals surface area contributed by atoms with Crippen LogP contribution >= 0.6 is 0 Å². The highest BCUT2D eigenvalue weighted by Gasteiger charge is 2.14. The summed E-state index contributed by atoms with van der Waals surface area (Å²) in [6, 6.07) is 0. The normalized spacial score (nSPS) is 11.4. The summed E-state index contributed by atoms with van der Waals surface area (Å²) in [5, 5.41) is 12.6. The quantitative estimate of drug-likeness (QED) is 0.779. The van der Waals surface area contributed by atoms with Crippen molar-refractivity contribution in [3.63, 3.8) is 0 Å². The van der Waals surface area contributed by atoms with Gasteiger partial charge in [-0.1, -0.05) is 25.9 Å². The van der Waals surface area contributed by atoms with Crippen molar-refractivity contribution in [2.75, 3.05) is 13.1 Å². The minimum Gasteiger partial charge on any atom is -0.480 e. The number of aromatic nitrogens is 2. The van der Waals surface area contributed by atoms with Gasteiger partial charge in [0, 0.05) is 5.92 Å². The molecule has 0 aliphatic carbocycles. The third-order valence-electron chi connectivity index (χ3n) is 2.24. The van der Waals surface area contributed by atoms with Crippen molar-refractivity contribution >= 4 is 5.97 Å². The molecule has 0 bridgehead atoms. The Balaban J connectivity index is 2.61. The Morgan fingerprint density at radius 2 is 2.24 bits per heavy atom. The zero-order valence-electron chi connectivity index (χ0n) is 10.5. The molecular formula is C11H19N3O3. The van der Waals surface area contributed by atoms with Crippen LogP contribution in [0.25, 0.3) is 0 Å². The van der Waals surface area contributed by atoms with Crippen molar-refractivity contribution < 1.29 is 14.4 Å². The molecule has 17 heavy (non-hydrogen) atoms. The van der Waals surface area contributed by atoms with Crippen molar-refractivity contribution in [2.24, 2.45) is 0 Å². The lowest BCUT2D eigenvalue weighted by Crippen LogP contribution is -2.30. The maximum Gasteiger partial charge on any atom is 0.317 e. The summed E-state index contributed by atoms with van der Waals surface area (Å²) in [5.74, 6) is 0.483. The topological polar surface area (TPSA) is 79.5 Å². The third kappa shape index (κ3) is 4.52. The molecule has 1 aromatic heterocycles. The Morgan fingerprint density at radius 1 is 1.53 bits per heavy atom. The van der Waals surface area contributed by atoms with Gasteiger partial charge < -0.3 is 9.63 Å². The maximum absolute atomic E-state index is 10.7. The van der Waals surface area contributed by atoms with Gasteiger partial charge in [-0.05, 0) is 13.0 Å². The molecule has 0 unspecified atom stereocenters. The van der Waals surface area contributed by atoms with Crippen LogP contribution in [-0.4, -0.2) is 39.2 Å². The monoisotopic (exact) mass is 241 g/mol. The molecule has 0 aliphatic rings. The maximum atomic E-state index is 10.7. The highest BCUT2D eigenvalue weighted by molar-refractivity contribution is 5.69. The van der Waals surface area contributed by atoms with E-state index in [2.05, 4.69) is 10.1 Å². The fraction of sp³-hybridized carbons (Fsp3) is 0.727. The van der Waals surface area contributed by atoms with E-state index in [0.29, 0.717) is 24.8 Å². The molecule has 0 aliphatic heterocycles. The van der Waals surface area contributed by atoms with Gasteiger partial charge in [0.05, 0.1) is 13.1 Å². The SMILES string of the molecule is CCCN(CC(=O)O)Cc1noc(C(C)C)n1. The number of aliphatic carboxylic acids is 1. The molecule has 6 heteroatoms. The summed E-state index contributed by atoms with van der Waals surface area (Å²) in [6.45, 7) is 7.06. The van der Waals surface area contributed by atoms with Crippen molar-refractivity contribution in [3.05, 3.63) is 11.7 Å². The number of hydrogen-bond donors (Lipinski definition) is 1. The van der Waals surface area contributed by atoms with Crippen LogP contribution in [0, 0.1) is 0 Å². The molecule has 6 nitrogen and oxygen atoms in total. The molecule has 0 spiro atoms. The second-order valence-corrected chi connectivity index (χ2v) is 4.31. The standard InChI is InChI=1S/C11H19N3O3/c1-4-5-14(7-10(15)16)6-9-12-11(8(2)3)17-13-9/h8H,4-7H2,1-3H3,(H,15,16). The lowest BCUT2D eigenvalue weighted by molar-refractivity contribution is -0.138. The highest BCUT2D eigenvalue weighted by Crippen LogP contribution is 2.11. The van der Waals surface area contributed by atoms with Crippen LogP contribution in [0.5, 0.6) is 0 Å². The molecule has 0 atom stereocenters. The van der Waals surface area contributed by atoms with Crippen LogP contribution in [0.2, 0.25) is 0 Å². The zero-order chi connectivity index (χ0) is 12.8. The second kappa shape index (κ2) is 6.34. The number of nitrogens with zero attached hydrogens (tertiary/aromatic N) is 3. The van der Waals surface area contributed by atoms with E-state index in [-0.39, 0.29) is 12.5 Å². The molecule has 1 aromatic rings. The van der Waals surface area contributed by atoms with Crippen molar-refractivity contribution in [1.82, 2.24) is 15.0 Å². The van der Waals surface area contributed by atoms with Crippen molar-refractivity contribution in [3.8, 4) is 0 Å². The Bertz CT molecular complexity index is 363. The Kier molecular flexibility index (Phi) is 5.09. The van der Waals surface area contributed by atoms with E-state index in [4.69, 9.17) is 9.63 Å². The van der Waals surface area contributed by atoms with Crippen LogP contribution in [-0.2, 0) is 11.3 Å². The van der Waals surface area contributed by atoms with Gasteiger partial charge in [-0.25, -0.2) is 0 Å². The first kappa shape index (κ1) is 13.6. The molecule has 1 N–H and O–H groups in total. The van der Waals surface area contributed by atoms with Crippen LogP contribution in [0.1, 0.15) is 44.8 Å². The van der Waals surface area contributed by atoms with Crippen LogP contribution < -0.4 is 0 Å².